The van der Waals surface area contributed by atoms with Gasteiger partial charge in [0.15, 0.2) is 11.6 Å². The standard InChI is InChI=1S/C25H31FN4O3S/c1-32-22-6-4-19(14-21(22)26)34-29-10-7-25(8-11-29)9-12-30(24(25)31)18-3-5-20(17(15-27)16-28)23(13-18)33-2/h3-6,13-15H,7-12,16,27-28H2,1-2H3/b17-15+. The normalized spacial score (nSPS) is 18.5. The van der Waals surface area contributed by atoms with Crippen LogP contribution in [0.3, 0.4) is 0 Å². The van der Waals surface area contributed by atoms with Gasteiger partial charge in [0, 0.05) is 48.4 Å². The van der Waals surface area contributed by atoms with E-state index in [9.17, 15) is 9.18 Å². The molecule has 182 valence electrons. The van der Waals surface area contributed by atoms with E-state index in [0.29, 0.717) is 18.8 Å². The number of hydrogen-bond acceptors (Lipinski definition) is 7. The Labute approximate surface area is 204 Å². The minimum atomic E-state index is -0.371. The SMILES string of the molecule is COc1ccc(SN2CCC3(CC2)CCN(c2ccc(/C(=C/N)CN)c(OC)c2)C3=O)cc1F. The number of carbonyl (C=O) groups excluding carboxylic acids is 1. The van der Waals surface area contributed by atoms with Gasteiger partial charge in [0.2, 0.25) is 5.91 Å². The van der Waals surface area contributed by atoms with Crippen molar-refractivity contribution in [2.45, 2.75) is 24.2 Å². The number of benzene rings is 2. The average molecular weight is 487 g/mol. The van der Waals surface area contributed by atoms with Gasteiger partial charge in [-0.05, 0) is 73.3 Å². The van der Waals surface area contributed by atoms with Gasteiger partial charge >= 0.3 is 0 Å². The lowest BCUT2D eigenvalue weighted by Crippen LogP contribution is -2.42. The van der Waals surface area contributed by atoms with Gasteiger partial charge in [-0.1, -0.05) is 0 Å². The maximum absolute atomic E-state index is 14.0. The highest BCUT2D eigenvalue weighted by Gasteiger charge is 2.48. The van der Waals surface area contributed by atoms with Crippen LogP contribution in [-0.4, -0.2) is 50.6 Å². The van der Waals surface area contributed by atoms with E-state index < -0.39 is 0 Å². The Hall–Kier alpha value is -2.75. The van der Waals surface area contributed by atoms with Crippen molar-refractivity contribution in [3.8, 4) is 11.5 Å². The van der Waals surface area contributed by atoms with Crippen LogP contribution in [0.15, 0.2) is 47.5 Å². The maximum atomic E-state index is 14.0. The fourth-order valence-electron chi connectivity index (χ4n) is 4.77. The van der Waals surface area contributed by atoms with E-state index in [-0.39, 0.29) is 22.9 Å². The summed E-state index contributed by atoms with van der Waals surface area (Å²) in [6.45, 7) is 2.51. The van der Waals surface area contributed by atoms with Crippen molar-refractivity contribution < 1.29 is 18.7 Å². The maximum Gasteiger partial charge on any atom is 0.233 e. The zero-order valence-corrected chi connectivity index (χ0v) is 20.4. The number of anilines is 1. The summed E-state index contributed by atoms with van der Waals surface area (Å²) >= 11 is 1.52. The second-order valence-electron chi connectivity index (χ2n) is 8.58. The minimum Gasteiger partial charge on any atom is -0.496 e. The first kappa shape index (κ1) is 24.4. The highest BCUT2D eigenvalue weighted by molar-refractivity contribution is 7.97. The molecule has 4 N–H and O–H groups in total. The molecule has 1 spiro atoms. The van der Waals surface area contributed by atoms with Gasteiger partial charge in [-0.2, -0.15) is 0 Å². The fraction of sp³-hybridized carbons (Fsp3) is 0.400. The number of halogens is 1. The van der Waals surface area contributed by atoms with Crippen molar-refractivity contribution in [1.82, 2.24) is 4.31 Å². The molecule has 2 aromatic carbocycles. The number of nitrogens with zero attached hydrogens (tertiary/aromatic N) is 2. The fourth-order valence-corrected chi connectivity index (χ4v) is 5.72. The molecule has 0 bridgehead atoms. The molecule has 1 amide bonds. The molecule has 2 aliphatic rings. The average Bonchev–Trinajstić information content (AvgIpc) is 3.17. The Balaban J connectivity index is 1.43. The topological polar surface area (TPSA) is 94.1 Å². The predicted octanol–water partition coefficient (Wildman–Crippen LogP) is 3.63. The van der Waals surface area contributed by atoms with Crippen LogP contribution in [0, 0.1) is 11.2 Å². The van der Waals surface area contributed by atoms with Gasteiger partial charge < -0.3 is 25.8 Å². The van der Waals surface area contributed by atoms with Gasteiger partial charge in [-0.15, -0.1) is 0 Å². The van der Waals surface area contributed by atoms with Crippen molar-refractivity contribution in [1.29, 1.82) is 0 Å². The minimum absolute atomic E-state index is 0.163. The number of amides is 1. The molecule has 0 atom stereocenters. The van der Waals surface area contributed by atoms with Crippen LogP contribution in [0.2, 0.25) is 0 Å². The first-order valence-electron chi connectivity index (χ1n) is 11.3. The molecule has 0 aliphatic carbocycles. The van der Waals surface area contributed by atoms with E-state index in [1.807, 2.05) is 29.2 Å². The number of hydrogen-bond donors (Lipinski definition) is 2. The Morgan fingerprint density at radius 1 is 1.09 bits per heavy atom. The molecule has 0 radical (unpaired) electrons. The zero-order valence-electron chi connectivity index (χ0n) is 19.6. The summed E-state index contributed by atoms with van der Waals surface area (Å²) in [4.78, 5) is 16.2. The smallest absolute Gasteiger partial charge is 0.233 e. The molecular formula is C25H31FN4O3S. The summed E-state index contributed by atoms with van der Waals surface area (Å²) in [5.74, 6) is 0.674. The number of carbonyl (C=O) groups is 1. The van der Waals surface area contributed by atoms with Crippen molar-refractivity contribution in [3.05, 3.63) is 54.0 Å². The first-order valence-corrected chi connectivity index (χ1v) is 12.1. The Bertz CT molecular complexity index is 1090. The molecule has 34 heavy (non-hydrogen) atoms. The number of methoxy groups -OCH3 is 2. The van der Waals surface area contributed by atoms with E-state index >= 15 is 0 Å². The van der Waals surface area contributed by atoms with Crippen LogP contribution >= 0.6 is 11.9 Å². The number of piperidine rings is 1. The number of nitrogens with two attached hydrogens (primary N) is 2. The van der Waals surface area contributed by atoms with Gasteiger partial charge in [-0.25, -0.2) is 8.70 Å². The molecule has 4 rings (SSSR count). The highest BCUT2D eigenvalue weighted by Crippen LogP contribution is 2.45. The van der Waals surface area contributed by atoms with Crippen LogP contribution in [0.5, 0.6) is 11.5 Å². The molecule has 0 saturated carbocycles. The number of rotatable bonds is 7. The van der Waals surface area contributed by atoms with Gasteiger partial charge in [0.1, 0.15) is 5.75 Å². The Morgan fingerprint density at radius 2 is 1.79 bits per heavy atom. The van der Waals surface area contributed by atoms with Crippen LogP contribution in [0.4, 0.5) is 10.1 Å². The molecular weight excluding hydrogens is 455 g/mol. The highest BCUT2D eigenvalue weighted by atomic mass is 32.2. The first-order chi connectivity index (χ1) is 16.4. The van der Waals surface area contributed by atoms with Crippen LogP contribution in [0.25, 0.3) is 5.57 Å². The van der Waals surface area contributed by atoms with Crippen molar-refractivity contribution in [2.75, 3.05) is 45.3 Å². The quantitative estimate of drug-likeness (QED) is 0.577. The van der Waals surface area contributed by atoms with Crippen LogP contribution < -0.4 is 25.8 Å². The summed E-state index contributed by atoms with van der Waals surface area (Å²) in [6, 6.07) is 10.7. The molecule has 2 saturated heterocycles. The van der Waals surface area contributed by atoms with E-state index in [1.54, 1.807) is 13.2 Å². The molecule has 2 heterocycles. The van der Waals surface area contributed by atoms with Gasteiger partial charge in [0.05, 0.1) is 19.6 Å². The van der Waals surface area contributed by atoms with E-state index in [4.69, 9.17) is 20.9 Å². The third-order valence-electron chi connectivity index (χ3n) is 6.81. The lowest BCUT2D eigenvalue weighted by Gasteiger charge is -2.37. The summed E-state index contributed by atoms with van der Waals surface area (Å²) in [5, 5.41) is 0. The lowest BCUT2D eigenvalue weighted by atomic mass is 9.77. The molecule has 0 unspecified atom stereocenters. The molecule has 7 nitrogen and oxygen atoms in total. The monoisotopic (exact) mass is 486 g/mol. The molecule has 2 aromatic rings. The second-order valence-corrected chi connectivity index (χ2v) is 9.75. The summed E-state index contributed by atoms with van der Waals surface area (Å²) in [7, 11) is 3.05. The third-order valence-corrected chi connectivity index (χ3v) is 7.90. The predicted molar refractivity (Wildman–Crippen MR) is 133 cm³/mol. The van der Waals surface area contributed by atoms with E-state index in [0.717, 1.165) is 54.1 Å². The number of ether oxygens (including phenoxy) is 2. The molecule has 0 aromatic heterocycles. The van der Waals surface area contributed by atoms with E-state index in [2.05, 4.69) is 4.31 Å². The second kappa shape index (κ2) is 10.2. The largest absolute Gasteiger partial charge is 0.496 e. The van der Waals surface area contributed by atoms with Crippen molar-refractivity contribution in [2.24, 2.45) is 16.9 Å². The molecule has 2 aliphatic heterocycles. The summed E-state index contributed by atoms with van der Waals surface area (Å²) in [6.07, 6.45) is 3.86. The van der Waals surface area contributed by atoms with E-state index in [1.165, 1.54) is 31.3 Å². The Morgan fingerprint density at radius 3 is 2.41 bits per heavy atom. The molecule has 2 fully saturated rings. The van der Waals surface area contributed by atoms with Gasteiger partial charge in [-0.3, -0.25) is 4.79 Å². The van der Waals surface area contributed by atoms with Crippen LogP contribution in [0.1, 0.15) is 24.8 Å². The summed E-state index contributed by atoms with van der Waals surface area (Å²) < 4.78 is 26.8. The summed E-state index contributed by atoms with van der Waals surface area (Å²) in [5.41, 5.74) is 13.6. The third kappa shape index (κ3) is 4.60. The van der Waals surface area contributed by atoms with Crippen LogP contribution in [-0.2, 0) is 4.79 Å². The van der Waals surface area contributed by atoms with Crippen molar-refractivity contribution in [3.63, 3.8) is 0 Å². The zero-order chi connectivity index (χ0) is 24.3. The molecule has 9 heteroatoms. The lowest BCUT2D eigenvalue weighted by molar-refractivity contribution is -0.127. The van der Waals surface area contributed by atoms with Crippen molar-refractivity contribution >= 4 is 29.1 Å². The van der Waals surface area contributed by atoms with Gasteiger partial charge in [0.25, 0.3) is 0 Å². The Kier molecular flexibility index (Phi) is 7.35.